The second kappa shape index (κ2) is 10.6. The van der Waals surface area contributed by atoms with E-state index in [1.807, 2.05) is 43.3 Å². The fourth-order valence-electron chi connectivity index (χ4n) is 5.09. The standard InChI is InChI=1S/C27H31N5O5/c1-3-36-27(35)32-16-14-31(15-17-32)25(33)21-9-8-18(2)28-23(21)19-10-12-30(13-11-19)26(34)24-20-6-4-5-7-22(20)29-37-24/h4-9,19H,3,10-17H2,1-2H3. The molecule has 0 spiro atoms. The molecule has 10 heteroatoms. The Labute approximate surface area is 215 Å². The molecule has 3 aromatic rings. The Morgan fingerprint density at radius 3 is 2.32 bits per heavy atom. The van der Waals surface area contributed by atoms with Gasteiger partial charge in [-0.2, -0.15) is 0 Å². The fraction of sp³-hybridized carbons (Fsp3) is 0.444. The van der Waals surface area contributed by atoms with E-state index in [2.05, 4.69) is 5.16 Å². The number of amides is 3. The molecule has 0 saturated carbocycles. The number of ether oxygens (including phenoxy) is 1. The van der Waals surface area contributed by atoms with E-state index in [-0.39, 0.29) is 29.6 Å². The third-order valence-corrected chi connectivity index (χ3v) is 7.13. The highest BCUT2D eigenvalue weighted by atomic mass is 16.6. The van der Waals surface area contributed by atoms with Crippen molar-refractivity contribution in [1.82, 2.24) is 24.8 Å². The Morgan fingerprint density at radius 2 is 1.59 bits per heavy atom. The van der Waals surface area contributed by atoms with E-state index >= 15 is 0 Å². The van der Waals surface area contributed by atoms with Crippen molar-refractivity contribution < 1.29 is 23.6 Å². The first kappa shape index (κ1) is 24.7. The van der Waals surface area contributed by atoms with Crippen LogP contribution in [0.25, 0.3) is 10.9 Å². The molecule has 2 aromatic heterocycles. The molecule has 10 nitrogen and oxygen atoms in total. The van der Waals surface area contributed by atoms with Gasteiger partial charge in [-0.15, -0.1) is 0 Å². The molecule has 0 aliphatic carbocycles. The summed E-state index contributed by atoms with van der Waals surface area (Å²) in [6, 6.07) is 11.1. The largest absolute Gasteiger partial charge is 0.450 e. The molecular formula is C27H31N5O5. The number of nitrogens with zero attached hydrogens (tertiary/aromatic N) is 5. The summed E-state index contributed by atoms with van der Waals surface area (Å²) in [6.45, 7) is 6.89. The van der Waals surface area contributed by atoms with Crippen LogP contribution in [0.3, 0.4) is 0 Å². The van der Waals surface area contributed by atoms with Gasteiger partial charge in [0.05, 0.1) is 23.3 Å². The van der Waals surface area contributed by atoms with Crippen LogP contribution in [0.15, 0.2) is 40.9 Å². The number of hydrogen-bond donors (Lipinski definition) is 0. The van der Waals surface area contributed by atoms with Gasteiger partial charge < -0.3 is 24.0 Å². The number of piperazine rings is 1. The van der Waals surface area contributed by atoms with E-state index in [0.717, 1.165) is 11.4 Å². The number of carbonyl (C=O) groups is 3. The molecule has 0 unspecified atom stereocenters. The molecule has 0 radical (unpaired) electrons. The first-order valence-electron chi connectivity index (χ1n) is 12.8. The summed E-state index contributed by atoms with van der Waals surface area (Å²) in [5.41, 5.74) is 2.90. The van der Waals surface area contributed by atoms with Crippen LogP contribution in [0.2, 0.25) is 0 Å². The van der Waals surface area contributed by atoms with Crippen LogP contribution >= 0.6 is 0 Å². The monoisotopic (exact) mass is 505 g/mol. The Balaban J connectivity index is 1.26. The number of hydrogen-bond acceptors (Lipinski definition) is 7. The maximum absolute atomic E-state index is 13.5. The molecule has 3 amide bonds. The number of fused-ring (bicyclic) bond motifs is 1. The fourth-order valence-corrected chi connectivity index (χ4v) is 5.09. The quantitative estimate of drug-likeness (QED) is 0.534. The van der Waals surface area contributed by atoms with Crippen molar-refractivity contribution >= 4 is 28.8 Å². The lowest BCUT2D eigenvalue weighted by Gasteiger charge is -2.35. The number of piperidine rings is 1. The van der Waals surface area contributed by atoms with Gasteiger partial charge >= 0.3 is 6.09 Å². The SMILES string of the molecule is CCOC(=O)N1CCN(C(=O)c2ccc(C)nc2C2CCN(C(=O)c3onc4ccccc34)CC2)CC1. The molecule has 1 aromatic carbocycles. The maximum Gasteiger partial charge on any atom is 0.409 e. The second-order valence-corrected chi connectivity index (χ2v) is 9.46. The van der Waals surface area contributed by atoms with Crippen molar-refractivity contribution in [2.75, 3.05) is 45.9 Å². The summed E-state index contributed by atoms with van der Waals surface area (Å²) >= 11 is 0. The van der Waals surface area contributed by atoms with Gasteiger partial charge in [0.15, 0.2) is 0 Å². The predicted octanol–water partition coefficient (Wildman–Crippen LogP) is 3.47. The molecule has 4 heterocycles. The smallest absolute Gasteiger partial charge is 0.409 e. The molecule has 0 atom stereocenters. The van der Waals surface area contributed by atoms with Gasteiger partial charge in [0.2, 0.25) is 5.76 Å². The molecule has 0 bridgehead atoms. The van der Waals surface area contributed by atoms with E-state index in [9.17, 15) is 14.4 Å². The summed E-state index contributed by atoms with van der Waals surface area (Å²) in [7, 11) is 0. The van der Waals surface area contributed by atoms with Gasteiger partial charge in [-0.3, -0.25) is 14.6 Å². The number of likely N-dealkylation sites (tertiary alicyclic amines) is 1. The summed E-state index contributed by atoms with van der Waals surface area (Å²) in [5, 5.41) is 4.72. The van der Waals surface area contributed by atoms with E-state index in [1.165, 1.54) is 0 Å². The molecule has 5 rings (SSSR count). The molecule has 0 N–H and O–H groups in total. The van der Waals surface area contributed by atoms with Gasteiger partial charge in [-0.1, -0.05) is 17.3 Å². The van der Waals surface area contributed by atoms with E-state index < -0.39 is 0 Å². The highest BCUT2D eigenvalue weighted by Gasteiger charge is 2.32. The van der Waals surface area contributed by atoms with Crippen LogP contribution in [-0.4, -0.2) is 88.6 Å². The zero-order chi connectivity index (χ0) is 25.9. The molecular weight excluding hydrogens is 474 g/mol. The summed E-state index contributed by atoms with van der Waals surface area (Å²) < 4.78 is 10.5. The minimum Gasteiger partial charge on any atom is -0.450 e. The predicted molar refractivity (Wildman–Crippen MR) is 135 cm³/mol. The number of pyridine rings is 1. The average Bonchev–Trinajstić information content (AvgIpc) is 3.37. The second-order valence-electron chi connectivity index (χ2n) is 9.46. The van der Waals surface area contributed by atoms with Gasteiger partial charge in [0.25, 0.3) is 11.8 Å². The van der Waals surface area contributed by atoms with Gasteiger partial charge in [0, 0.05) is 50.9 Å². The molecule has 2 saturated heterocycles. The third kappa shape index (κ3) is 5.00. The van der Waals surface area contributed by atoms with Gasteiger partial charge in [0.1, 0.15) is 5.52 Å². The minimum absolute atomic E-state index is 0.0650. The van der Waals surface area contributed by atoms with E-state index in [4.69, 9.17) is 14.2 Å². The summed E-state index contributed by atoms with van der Waals surface area (Å²) in [6.07, 6.45) is 1.06. The number of rotatable bonds is 4. The number of aromatic nitrogens is 2. The first-order valence-corrected chi connectivity index (χ1v) is 12.8. The molecule has 2 fully saturated rings. The van der Waals surface area contributed by atoms with Crippen molar-refractivity contribution in [1.29, 1.82) is 0 Å². The Hall–Kier alpha value is -3.95. The van der Waals surface area contributed by atoms with Crippen molar-refractivity contribution in [3.63, 3.8) is 0 Å². The highest BCUT2D eigenvalue weighted by molar-refractivity contribution is 6.03. The van der Waals surface area contributed by atoms with Crippen molar-refractivity contribution in [2.24, 2.45) is 0 Å². The molecule has 2 aliphatic rings. The lowest BCUT2D eigenvalue weighted by molar-refractivity contribution is 0.0566. The normalized spacial score (nSPS) is 16.8. The van der Waals surface area contributed by atoms with Gasteiger partial charge in [-0.05, 0) is 51.0 Å². The summed E-state index contributed by atoms with van der Waals surface area (Å²) in [4.78, 5) is 48.6. The van der Waals surface area contributed by atoms with Crippen LogP contribution in [0, 0.1) is 6.92 Å². The van der Waals surface area contributed by atoms with Crippen LogP contribution in [0.1, 0.15) is 58.0 Å². The van der Waals surface area contributed by atoms with Gasteiger partial charge in [-0.25, -0.2) is 4.79 Å². The van der Waals surface area contributed by atoms with Crippen molar-refractivity contribution in [3.05, 3.63) is 59.1 Å². The van der Waals surface area contributed by atoms with Crippen LogP contribution in [0.4, 0.5) is 4.79 Å². The minimum atomic E-state index is -0.341. The average molecular weight is 506 g/mol. The lowest BCUT2D eigenvalue weighted by atomic mass is 9.89. The van der Waals surface area contributed by atoms with Crippen LogP contribution in [-0.2, 0) is 4.74 Å². The Bertz CT molecular complexity index is 1310. The van der Waals surface area contributed by atoms with E-state index in [1.54, 1.807) is 21.6 Å². The Morgan fingerprint density at radius 1 is 0.919 bits per heavy atom. The number of aryl methyl sites for hydroxylation is 1. The topological polar surface area (TPSA) is 109 Å². The first-order chi connectivity index (χ1) is 18.0. The number of carbonyl (C=O) groups excluding carboxylic acids is 3. The molecule has 37 heavy (non-hydrogen) atoms. The van der Waals surface area contributed by atoms with Crippen LogP contribution < -0.4 is 0 Å². The van der Waals surface area contributed by atoms with Crippen LogP contribution in [0.5, 0.6) is 0 Å². The highest BCUT2D eigenvalue weighted by Crippen LogP contribution is 2.31. The Kier molecular flexibility index (Phi) is 7.07. The van der Waals surface area contributed by atoms with E-state index in [0.29, 0.717) is 75.2 Å². The summed E-state index contributed by atoms with van der Waals surface area (Å²) in [5.74, 6) is 0.0912. The van der Waals surface area contributed by atoms with Crippen molar-refractivity contribution in [2.45, 2.75) is 32.6 Å². The van der Waals surface area contributed by atoms with Crippen molar-refractivity contribution in [3.8, 4) is 0 Å². The lowest BCUT2D eigenvalue weighted by Crippen LogP contribution is -2.51. The molecule has 2 aliphatic heterocycles. The number of benzene rings is 1. The zero-order valence-corrected chi connectivity index (χ0v) is 21.2. The molecule has 194 valence electrons. The zero-order valence-electron chi connectivity index (χ0n) is 21.2. The third-order valence-electron chi connectivity index (χ3n) is 7.13. The maximum atomic E-state index is 13.5.